The highest BCUT2D eigenvalue weighted by atomic mass is 19.2. The lowest BCUT2D eigenvalue weighted by Crippen LogP contribution is -2.44. The zero-order chi connectivity index (χ0) is 21.3. The van der Waals surface area contributed by atoms with Gasteiger partial charge in [0.25, 0.3) is 5.91 Å². The summed E-state index contributed by atoms with van der Waals surface area (Å²) in [7, 11) is 1.59. The Bertz CT molecular complexity index is 967. The minimum atomic E-state index is -1.59. The first-order valence-corrected chi connectivity index (χ1v) is 9.05. The summed E-state index contributed by atoms with van der Waals surface area (Å²) in [6.45, 7) is 2.77. The number of amides is 4. The van der Waals surface area contributed by atoms with Crippen molar-refractivity contribution in [3.8, 4) is 0 Å². The molecule has 29 heavy (non-hydrogen) atoms. The van der Waals surface area contributed by atoms with Gasteiger partial charge in [0.05, 0.1) is 6.04 Å². The average molecular weight is 401 g/mol. The van der Waals surface area contributed by atoms with Crippen LogP contribution in [0.25, 0.3) is 0 Å². The van der Waals surface area contributed by atoms with E-state index in [1.807, 2.05) is 37.3 Å². The van der Waals surface area contributed by atoms with Crippen molar-refractivity contribution in [1.29, 1.82) is 0 Å². The van der Waals surface area contributed by atoms with Crippen LogP contribution in [0.15, 0.2) is 48.5 Å². The highest BCUT2D eigenvalue weighted by Crippen LogP contribution is 2.30. The second-order valence-electron chi connectivity index (χ2n) is 7.17. The summed E-state index contributed by atoms with van der Waals surface area (Å²) in [5, 5.41) is 2.48. The molecule has 2 aromatic rings. The molecule has 1 heterocycles. The van der Waals surface area contributed by atoms with Gasteiger partial charge in [-0.25, -0.2) is 13.6 Å². The van der Waals surface area contributed by atoms with Gasteiger partial charge in [-0.05, 0) is 37.1 Å². The molecule has 1 N–H and O–H groups in total. The van der Waals surface area contributed by atoms with Crippen molar-refractivity contribution in [2.24, 2.45) is 0 Å². The molecule has 152 valence electrons. The molecular formula is C21H21F2N3O3. The predicted octanol–water partition coefficient (Wildman–Crippen LogP) is 2.95. The summed E-state index contributed by atoms with van der Waals surface area (Å²) in [6.07, 6.45) is 0. The summed E-state index contributed by atoms with van der Waals surface area (Å²) in [4.78, 5) is 40.2. The second kappa shape index (κ2) is 7.62. The van der Waals surface area contributed by atoms with Crippen molar-refractivity contribution in [2.75, 3.05) is 13.6 Å². The minimum Gasteiger partial charge on any atom is -0.337 e. The van der Waals surface area contributed by atoms with E-state index in [-0.39, 0.29) is 11.6 Å². The topological polar surface area (TPSA) is 69.7 Å². The molecule has 0 aromatic heterocycles. The van der Waals surface area contributed by atoms with E-state index in [9.17, 15) is 23.2 Å². The van der Waals surface area contributed by atoms with E-state index in [1.165, 1.54) is 17.9 Å². The normalized spacial score (nSPS) is 19.8. The van der Waals surface area contributed by atoms with Gasteiger partial charge in [0.1, 0.15) is 12.1 Å². The van der Waals surface area contributed by atoms with E-state index in [1.54, 1.807) is 7.05 Å². The molecule has 6 nitrogen and oxygen atoms in total. The molecule has 8 heteroatoms. The number of likely N-dealkylation sites (N-methyl/N-ethyl adjacent to an activating group) is 1. The lowest BCUT2D eigenvalue weighted by atomic mass is 9.92. The molecule has 3 rings (SSSR count). The Kier molecular flexibility index (Phi) is 5.37. The SMILES string of the molecule is CC(c1ccccc1)N(C)C(=O)CN1C(=O)NC(C)(c2ccc(F)c(F)c2)C1=O. The first-order valence-electron chi connectivity index (χ1n) is 9.05. The van der Waals surface area contributed by atoms with Crippen LogP contribution in [-0.4, -0.2) is 41.2 Å². The minimum absolute atomic E-state index is 0.0932. The number of halogens is 2. The van der Waals surface area contributed by atoms with E-state index >= 15 is 0 Å². The number of nitrogens with zero attached hydrogens (tertiary/aromatic N) is 2. The maximum Gasteiger partial charge on any atom is 0.325 e. The fourth-order valence-corrected chi connectivity index (χ4v) is 3.26. The van der Waals surface area contributed by atoms with Crippen molar-refractivity contribution in [3.63, 3.8) is 0 Å². The van der Waals surface area contributed by atoms with E-state index in [0.717, 1.165) is 22.6 Å². The quantitative estimate of drug-likeness (QED) is 0.784. The van der Waals surface area contributed by atoms with E-state index < -0.39 is 41.6 Å². The van der Waals surface area contributed by atoms with E-state index in [4.69, 9.17) is 0 Å². The molecule has 0 radical (unpaired) electrons. The number of rotatable bonds is 5. The fourth-order valence-electron chi connectivity index (χ4n) is 3.26. The lowest BCUT2D eigenvalue weighted by molar-refractivity contribution is -0.139. The summed E-state index contributed by atoms with van der Waals surface area (Å²) in [5.41, 5.74) is -0.585. The standard InChI is InChI=1S/C21H21F2N3O3/c1-13(14-7-5-4-6-8-14)25(3)18(27)12-26-19(28)21(2,24-20(26)29)15-9-10-16(22)17(23)11-15/h4-11,13H,12H2,1-3H3,(H,24,29). The molecule has 2 unspecified atom stereocenters. The summed E-state index contributed by atoms with van der Waals surface area (Å²) in [5.74, 6) is -3.32. The molecule has 2 atom stereocenters. The number of urea groups is 1. The number of hydrogen-bond acceptors (Lipinski definition) is 3. The largest absolute Gasteiger partial charge is 0.337 e. The highest BCUT2D eigenvalue weighted by Gasteiger charge is 2.50. The number of carbonyl (C=O) groups is 3. The number of imide groups is 1. The Balaban J connectivity index is 1.77. The third-order valence-electron chi connectivity index (χ3n) is 5.32. The third kappa shape index (κ3) is 3.70. The van der Waals surface area contributed by atoms with Crippen molar-refractivity contribution in [1.82, 2.24) is 15.1 Å². The number of hydrogen-bond donors (Lipinski definition) is 1. The first kappa shape index (κ1) is 20.4. The molecule has 0 spiro atoms. The van der Waals surface area contributed by atoms with Crippen LogP contribution in [0.2, 0.25) is 0 Å². The van der Waals surface area contributed by atoms with Gasteiger partial charge in [0.2, 0.25) is 5.91 Å². The predicted molar refractivity (Wildman–Crippen MR) is 102 cm³/mol. The van der Waals surface area contributed by atoms with E-state index in [2.05, 4.69) is 5.32 Å². The molecule has 1 aliphatic rings. The van der Waals surface area contributed by atoms with Gasteiger partial charge in [-0.15, -0.1) is 0 Å². The molecule has 1 aliphatic heterocycles. The molecule has 0 saturated carbocycles. The Labute approximate surface area is 167 Å². The van der Waals surface area contributed by atoms with E-state index in [0.29, 0.717) is 0 Å². The van der Waals surface area contributed by atoms with Gasteiger partial charge in [-0.1, -0.05) is 36.4 Å². The zero-order valence-corrected chi connectivity index (χ0v) is 16.3. The lowest BCUT2D eigenvalue weighted by Gasteiger charge is -2.27. The fraction of sp³-hybridized carbons (Fsp3) is 0.286. The van der Waals surface area contributed by atoms with Gasteiger partial charge in [0, 0.05) is 7.05 Å². The maximum atomic E-state index is 13.6. The van der Waals surface area contributed by atoms with Gasteiger partial charge in [0.15, 0.2) is 11.6 Å². The number of nitrogens with one attached hydrogen (secondary N) is 1. The molecular weight excluding hydrogens is 380 g/mol. The summed E-state index contributed by atoms with van der Waals surface area (Å²) < 4.78 is 26.8. The van der Waals surface area contributed by atoms with Crippen molar-refractivity contribution in [2.45, 2.75) is 25.4 Å². The van der Waals surface area contributed by atoms with Crippen molar-refractivity contribution < 1.29 is 23.2 Å². The van der Waals surface area contributed by atoms with Crippen LogP contribution in [-0.2, 0) is 15.1 Å². The van der Waals surface area contributed by atoms with Crippen LogP contribution >= 0.6 is 0 Å². The second-order valence-corrected chi connectivity index (χ2v) is 7.17. The Morgan fingerprint density at radius 3 is 2.41 bits per heavy atom. The van der Waals surface area contributed by atoms with Crippen LogP contribution < -0.4 is 5.32 Å². The smallest absolute Gasteiger partial charge is 0.325 e. The first-order chi connectivity index (χ1) is 13.6. The number of benzene rings is 2. The third-order valence-corrected chi connectivity index (χ3v) is 5.32. The molecule has 4 amide bonds. The van der Waals surface area contributed by atoms with Crippen LogP contribution in [0.1, 0.15) is 31.0 Å². The number of carbonyl (C=O) groups excluding carboxylic acids is 3. The molecule has 2 aromatic carbocycles. The van der Waals surface area contributed by atoms with Gasteiger partial charge < -0.3 is 10.2 Å². The van der Waals surface area contributed by atoms with Crippen LogP contribution in [0.4, 0.5) is 13.6 Å². The Morgan fingerprint density at radius 1 is 1.14 bits per heavy atom. The average Bonchev–Trinajstić information content (AvgIpc) is 2.93. The van der Waals surface area contributed by atoms with Gasteiger partial charge >= 0.3 is 6.03 Å². The van der Waals surface area contributed by atoms with Crippen LogP contribution in [0.5, 0.6) is 0 Å². The summed E-state index contributed by atoms with van der Waals surface area (Å²) >= 11 is 0. The monoisotopic (exact) mass is 401 g/mol. The van der Waals surface area contributed by atoms with Crippen LogP contribution in [0.3, 0.4) is 0 Å². The highest BCUT2D eigenvalue weighted by molar-refractivity contribution is 6.09. The Morgan fingerprint density at radius 2 is 1.79 bits per heavy atom. The Hall–Kier alpha value is -3.29. The summed E-state index contributed by atoms with van der Waals surface area (Å²) in [6, 6.07) is 11.3. The molecule has 1 fully saturated rings. The molecule has 0 aliphatic carbocycles. The van der Waals surface area contributed by atoms with Crippen LogP contribution in [0, 0.1) is 11.6 Å². The van der Waals surface area contributed by atoms with Crippen molar-refractivity contribution in [3.05, 3.63) is 71.3 Å². The van der Waals surface area contributed by atoms with Gasteiger partial charge in [-0.3, -0.25) is 14.5 Å². The molecule has 0 bridgehead atoms. The maximum absolute atomic E-state index is 13.6. The van der Waals surface area contributed by atoms with Gasteiger partial charge in [-0.2, -0.15) is 0 Å². The zero-order valence-electron chi connectivity index (χ0n) is 16.3. The van der Waals surface area contributed by atoms with Crippen molar-refractivity contribution >= 4 is 17.8 Å². The molecule has 1 saturated heterocycles.